The molecule has 0 radical (unpaired) electrons. The van der Waals surface area contributed by atoms with Crippen molar-refractivity contribution in [1.82, 2.24) is 15.2 Å². The molecule has 0 spiro atoms. The summed E-state index contributed by atoms with van der Waals surface area (Å²) in [4.78, 5) is 9.35. The van der Waals surface area contributed by atoms with Gasteiger partial charge in [-0.1, -0.05) is 20.8 Å². The van der Waals surface area contributed by atoms with Crippen molar-refractivity contribution in [3.8, 4) is 0 Å². The van der Waals surface area contributed by atoms with Gasteiger partial charge < -0.3 is 15.1 Å². The van der Waals surface area contributed by atoms with E-state index in [4.69, 9.17) is 4.98 Å². The Morgan fingerprint density at radius 2 is 1.86 bits per heavy atom. The van der Waals surface area contributed by atoms with Crippen LogP contribution in [0.1, 0.15) is 38.4 Å². The lowest BCUT2D eigenvalue weighted by atomic mass is 10.2. The van der Waals surface area contributed by atoms with Gasteiger partial charge in [-0.25, -0.2) is 4.98 Å². The Hall–Kier alpha value is -1.13. The van der Waals surface area contributed by atoms with E-state index in [1.54, 1.807) is 0 Å². The maximum absolute atomic E-state index is 4.74. The van der Waals surface area contributed by atoms with E-state index < -0.39 is 0 Å². The SMILES string of the molecule is CCCN(CCN(C)C)c1cc(CNC(C)C)cc(C)n1. The standard InChI is InChI=1S/C17H32N4/c1-7-8-21(10-9-20(5)6)17-12-16(11-15(4)19-17)13-18-14(2)3/h11-12,14,18H,7-10,13H2,1-6H3. The van der Waals surface area contributed by atoms with Gasteiger partial charge >= 0.3 is 0 Å². The zero-order chi connectivity index (χ0) is 15.8. The van der Waals surface area contributed by atoms with Crippen molar-refractivity contribution in [2.75, 3.05) is 38.6 Å². The van der Waals surface area contributed by atoms with Crippen LogP contribution in [0.3, 0.4) is 0 Å². The lowest BCUT2D eigenvalue weighted by molar-refractivity contribution is 0.412. The van der Waals surface area contributed by atoms with Crippen molar-refractivity contribution >= 4 is 5.82 Å². The molecule has 4 nitrogen and oxygen atoms in total. The van der Waals surface area contributed by atoms with Crippen LogP contribution < -0.4 is 10.2 Å². The summed E-state index contributed by atoms with van der Waals surface area (Å²) in [6.45, 7) is 12.7. The first-order valence-electron chi connectivity index (χ1n) is 8.03. The van der Waals surface area contributed by atoms with Crippen LogP contribution in [0.15, 0.2) is 12.1 Å². The van der Waals surface area contributed by atoms with Gasteiger partial charge in [0, 0.05) is 37.9 Å². The zero-order valence-electron chi connectivity index (χ0n) is 14.6. The monoisotopic (exact) mass is 292 g/mol. The number of nitrogens with zero attached hydrogens (tertiary/aromatic N) is 3. The first-order chi connectivity index (χ1) is 9.92. The first kappa shape index (κ1) is 17.9. The lowest BCUT2D eigenvalue weighted by Gasteiger charge is -2.26. The summed E-state index contributed by atoms with van der Waals surface area (Å²) < 4.78 is 0. The number of aryl methyl sites for hydroxylation is 1. The van der Waals surface area contributed by atoms with E-state index in [0.717, 1.165) is 44.1 Å². The Bertz CT molecular complexity index is 415. The second-order valence-corrected chi connectivity index (χ2v) is 6.30. The lowest BCUT2D eigenvalue weighted by Crippen LogP contribution is -2.33. The Kier molecular flexibility index (Phi) is 7.68. The maximum Gasteiger partial charge on any atom is 0.129 e. The van der Waals surface area contributed by atoms with E-state index in [9.17, 15) is 0 Å². The molecule has 0 saturated heterocycles. The third-order valence-corrected chi connectivity index (χ3v) is 3.35. The minimum Gasteiger partial charge on any atom is -0.355 e. The molecule has 1 heterocycles. The third-order valence-electron chi connectivity index (χ3n) is 3.35. The second kappa shape index (κ2) is 9.00. The molecule has 4 heteroatoms. The van der Waals surface area contributed by atoms with Crippen LogP contribution in [0.4, 0.5) is 5.82 Å². The summed E-state index contributed by atoms with van der Waals surface area (Å²) in [6.07, 6.45) is 1.14. The molecule has 0 aliphatic rings. The van der Waals surface area contributed by atoms with Crippen LogP contribution in [0.5, 0.6) is 0 Å². The van der Waals surface area contributed by atoms with Crippen molar-refractivity contribution in [1.29, 1.82) is 0 Å². The third kappa shape index (κ3) is 6.91. The topological polar surface area (TPSA) is 31.4 Å². The van der Waals surface area contributed by atoms with Crippen LogP contribution in [0.25, 0.3) is 0 Å². The van der Waals surface area contributed by atoms with Gasteiger partial charge in [0.2, 0.25) is 0 Å². The maximum atomic E-state index is 4.74. The molecule has 0 bridgehead atoms. The Morgan fingerprint density at radius 1 is 1.14 bits per heavy atom. The summed E-state index contributed by atoms with van der Waals surface area (Å²) in [5.41, 5.74) is 2.41. The van der Waals surface area contributed by atoms with E-state index in [2.05, 4.69) is 69.0 Å². The molecule has 0 unspecified atom stereocenters. The molecule has 0 aliphatic carbocycles. The zero-order valence-corrected chi connectivity index (χ0v) is 14.6. The van der Waals surface area contributed by atoms with Crippen molar-refractivity contribution in [3.63, 3.8) is 0 Å². The molecule has 1 N–H and O–H groups in total. The first-order valence-corrected chi connectivity index (χ1v) is 8.03. The highest BCUT2D eigenvalue weighted by Gasteiger charge is 2.09. The van der Waals surface area contributed by atoms with Gasteiger partial charge in [-0.3, -0.25) is 0 Å². The van der Waals surface area contributed by atoms with E-state index in [1.165, 1.54) is 5.56 Å². The van der Waals surface area contributed by atoms with Gasteiger partial charge in [0.05, 0.1) is 0 Å². The van der Waals surface area contributed by atoms with E-state index in [-0.39, 0.29) is 0 Å². The molecule has 0 fully saturated rings. The van der Waals surface area contributed by atoms with Crippen molar-refractivity contribution < 1.29 is 0 Å². The smallest absolute Gasteiger partial charge is 0.129 e. The Balaban J connectivity index is 2.85. The van der Waals surface area contributed by atoms with Crippen molar-refractivity contribution in [2.24, 2.45) is 0 Å². The van der Waals surface area contributed by atoms with Gasteiger partial charge in [0.15, 0.2) is 0 Å². The van der Waals surface area contributed by atoms with Crippen LogP contribution in [-0.2, 0) is 6.54 Å². The minimum absolute atomic E-state index is 0.502. The van der Waals surface area contributed by atoms with Crippen molar-refractivity contribution in [2.45, 2.75) is 46.7 Å². The van der Waals surface area contributed by atoms with Crippen LogP contribution >= 0.6 is 0 Å². The molecule has 0 amide bonds. The highest BCUT2D eigenvalue weighted by molar-refractivity contribution is 5.42. The number of hydrogen-bond donors (Lipinski definition) is 1. The quantitative estimate of drug-likeness (QED) is 0.758. The predicted molar refractivity (Wildman–Crippen MR) is 92.0 cm³/mol. The van der Waals surface area contributed by atoms with Crippen molar-refractivity contribution in [3.05, 3.63) is 23.4 Å². The number of aromatic nitrogens is 1. The fraction of sp³-hybridized carbons (Fsp3) is 0.706. The molecule has 0 aromatic carbocycles. The van der Waals surface area contributed by atoms with Crippen LogP contribution in [-0.4, -0.2) is 49.7 Å². The average Bonchev–Trinajstić information content (AvgIpc) is 2.40. The summed E-state index contributed by atoms with van der Waals surface area (Å²) >= 11 is 0. The summed E-state index contributed by atoms with van der Waals surface area (Å²) in [5.74, 6) is 1.11. The molecule has 1 rings (SSSR count). The predicted octanol–water partition coefficient (Wildman–Crippen LogP) is 2.67. The average molecular weight is 292 g/mol. The number of hydrogen-bond acceptors (Lipinski definition) is 4. The van der Waals surface area contributed by atoms with Gasteiger partial charge in [0.1, 0.15) is 5.82 Å². The normalized spacial score (nSPS) is 11.4. The van der Waals surface area contributed by atoms with Crippen LogP contribution in [0, 0.1) is 6.92 Å². The molecule has 0 aliphatic heterocycles. The summed E-state index contributed by atoms with van der Waals surface area (Å²) in [5, 5.41) is 3.48. The molecule has 0 atom stereocenters. The van der Waals surface area contributed by atoms with Gasteiger partial charge in [-0.2, -0.15) is 0 Å². The molecule has 1 aromatic heterocycles. The Labute approximate surface area is 130 Å². The minimum atomic E-state index is 0.502. The largest absolute Gasteiger partial charge is 0.355 e. The molecule has 120 valence electrons. The highest BCUT2D eigenvalue weighted by Crippen LogP contribution is 2.16. The number of anilines is 1. The van der Waals surface area contributed by atoms with E-state index in [1.807, 2.05) is 0 Å². The van der Waals surface area contributed by atoms with E-state index >= 15 is 0 Å². The Morgan fingerprint density at radius 3 is 2.43 bits per heavy atom. The molecule has 1 aromatic rings. The number of nitrogens with one attached hydrogen (secondary N) is 1. The van der Waals surface area contributed by atoms with Gasteiger partial charge in [0.25, 0.3) is 0 Å². The van der Waals surface area contributed by atoms with Gasteiger partial charge in [-0.15, -0.1) is 0 Å². The van der Waals surface area contributed by atoms with E-state index in [0.29, 0.717) is 6.04 Å². The molecule has 0 saturated carbocycles. The molecule has 21 heavy (non-hydrogen) atoms. The molecular formula is C17H32N4. The van der Waals surface area contributed by atoms with Crippen LogP contribution in [0.2, 0.25) is 0 Å². The number of pyridine rings is 1. The second-order valence-electron chi connectivity index (χ2n) is 6.30. The van der Waals surface area contributed by atoms with Gasteiger partial charge in [-0.05, 0) is 45.1 Å². The highest BCUT2D eigenvalue weighted by atomic mass is 15.2. The summed E-state index contributed by atoms with van der Waals surface area (Å²) in [6, 6.07) is 4.91. The number of rotatable bonds is 9. The fourth-order valence-corrected chi connectivity index (χ4v) is 2.24. The fourth-order valence-electron chi connectivity index (χ4n) is 2.24. The number of likely N-dealkylation sites (N-methyl/N-ethyl adjacent to an activating group) is 1. The molecular weight excluding hydrogens is 260 g/mol. The summed E-state index contributed by atoms with van der Waals surface area (Å²) in [7, 11) is 4.23.